The van der Waals surface area contributed by atoms with E-state index in [1.165, 1.54) is 6.08 Å². The molecule has 2 aliphatic heterocycles. The smallest absolute Gasteiger partial charge is 0.181 e. The van der Waals surface area contributed by atoms with Crippen molar-refractivity contribution in [3.05, 3.63) is 53.0 Å². The predicted octanol–water partition coefficient (Wildman–Crippen LogP) is -0.644. The SMILES string of the molecule is O=C1c2ccccc2O[C@H]2C=C(O)C([C@H]3O[C@@H](CO)[C@@H](O)[C@@H](O)[C@H]3O)=C(O)[C@H]12. The average molecular weight is 392 g/mol. The van der Waals surface area contributed by atoms with Gasteiger partial charge in [0.25, 0.3) is 0 Å². The molecule has 1 aromatic rings. The Morgan fingerprint density at radius 2 is 1.71 bits per heavy atom. The molecule has 3 aliphatic rings. The number of ketones is 1. The first kappa shape index (κ1) is 18.9. The van der Waals surface area contributed by atoms with E-state index in [1.54, 1.807) is 24.3 Å². The van der Waals surface area contributed by atoms with Crippen LogP contribution in [0.2, 0.25) is 0 Å². The van der Waals surface area contributed by atoms with Crippen LogP contribution in [0.15, 0.2) is 47.4 Å². The van der Waals surface area contributed by atoms with Crippen LogP contribution in [0.5, 0.6) is 5.75 Å². The van der Waals surface area contributed by atoms with Crippen molar-refractivity contribution in [1.29, 1.82) is 0 Å². The van der Waals surface area contributed by atoms with Crippen LogP contribution in [0.25, 0.3) is 0 Å². The van der Waals surface area contributed by atoms with Gasteiger partial charge in [-0.25, -0.2) is 0 Å². The van der Waals surface area contributed by atoms with Gasteiger partial charge >= 0.3 is 0 Å². The van der Waals surface area contributed by atoms with Gasteiger partial charge in [0.15, 0.2) is 5.78 Å². The van der Waals surface area contributed by atoms with E-state index in [0.29, 0.717) is 5.75 Å². The highest BCUT2D eigenvalue weighted by molar-refractivity contribution is 6.03. The summed E-state index contributed by atoms with van der Waals surface area (Å²) in [6.07, 6.45) is -7.45. The fourth-order valence-electron chi connectivity index (χ4n) is 3.89. The Hall–Kier alpha value is -2.43. The van der Waals surface area contributed by atoms with E-state index in [2.05, 4.69) is 0 Å². The number of carbonyl (C=O) groups excluding carboxylic acids is 1. The summed E-state index contributed by atoms with van der Waals surface area (Å²) in [5, 5.41) is 60.8. The average Bonchev–Trinajstić information content (AvgIpc) is 2.67. The summed E-state index contributed by atoms with van der Waals surface area (Å²) in [7, 11) is 0. The van der Waals surface area contributed by atoms with Gasteiger partial charge in [-0.2, -0.15) is 0 Å². The van der Waals surface area contributed by atoms with Crippen LogP contribution in [-0.2, 0) is 4.74 Å². The number of fused-ring (bicyclic) bond motifs is 2. The number of hydrogen-bond acceptors (Lipinski definition) is 9. The molecule has 0 unspecified atom stereocenters. The van der Waals surface area contributed by atoms with E-state index in [0.717, 1.165) is 0 Å². The Balaban J connectivity index is 1.75. The fraction of sp³-hybridized carbons (Fsp3) is 0.421. The third-order valence-electron chi connectivity index (χ3n) is 5.37. The summed E-state index contributed by atoms with van der Waals surface area (Å²) in [5.74, 6) is -2.34. The van der Waals surface area contributed by atoms with E-state index in [-0.39, 0.29) is 11.1 Å². The van der Waals surface area contributed by atoms with Gasteiger partial charge in [0.2, 0.25) is 0 Å². The molecule has 2 heterocycles. The lowest BCUT2D eigenvalue weighted by molar-refractivity contribution is -0.220. The Morgan fingerprint density at radius 1 is 1.00 bits per heavy atom. The molecule has 4 rings (SSSR count). The second-order valence-electron chi connectivity index (χ2n) is 7.02. The fourth-order valence-corrected chi connectivity index (χ4v) is 3.89. The minimum atomic E-state index is -1.71. The van der Waals surface area contributed by atoms with Gasteiger partial charge in [-0.1, -0.05) is 12.1 Å². The molecule has 0 spiro atoms. The Kier molecular flexibility index (Phi) is 4.64. The van der Waals surface area contributed by atoms with E-state index in [9.17, 15) is 35.4 Å². The van der Waals surface area contributed by atoms with Gasteiger partial charge in [-0.05, 0) is 18.2 Å². The quantitative estimate of drug-likeness (QED) is 0.385. The van der Waals surface area contributed by atoms with E-state index in [4.69, 9.17) is 9.47 Å². The normalized spacial score (nSPS) is 37.6. The zero-order valence-electron chi connectivity index (χ0n) is 14.5. The Morgan fingerprint density at radius 3 is 2.43 bits per heavy atom. The monoisotopic (exact) mass is 392 g/mol. The third kappa shape index (κ3) is 2.71. The highest BCUT2D eigenvalue weighted by Gasteiger charge is 2.50. The summed E-state index contributed by atoms with van der Waals surface area (Å²) < 4.78 is 11.1. The minimum absolute atomic E-state index is 0.262. The highest BCUT2D eigenvalue weighted by atomic mass is 16.5. The number of carbonyl (C=O) groups is 1. The lowest BCUT2D eigenvalue weighted by Crippen LogP contribution is -2.59. The minimum Gasteiger partial charge on any atom is -0.511 e. The maximum absolute atomic E-state index is 12.9. The lowest BCUT2D eigenvalue weighted by atomic mass is 9.79. The number of hydrogen-bond donors (Lipinski definition) is 6. The molecule has 28 heavy (non-hydrogen) atoms. The van der Waals surface area contributed by atoms with Gasteiger partial charge in [-0.3, -0.25) is 4.79 Å². The predicted molar refractivity (Wildman–Crippen MR) is 92.8 cm³/mol. The van der Waals surface area contributed by atoms with Crippen LogP contribution < -0.4 is 4.74 Å². The molecule has 1 aliphatic carbocycles. The van der Waals surface area contributed by atoms with Crippen molar-refractivity contribution in [1.82, 2.24) is 0 Å². The molecule has 0 bridgehead atoms. The van der Waals surface area contributed by atoms with Crippen molar-refractivity contribution < 1.29 is 44.9 Å². The van der Waals surface area contributed by atoms with Gasteiger partial charge in [0, 0.05) is 0 Å². The number of aliphatic hydroxyl groups excluding tert-OH is 6. The van der Waals surface area contributed by atoms with Crippen molar-refractivity contribution >= 4 is 5.78 Å². The van der Waals surface area contributed by atoms with Crippen LogP contribution in [0, 0.1) is 5.92 Å². The maximum Gasteiger partial charge on any atom is 0.181 e. The zero-order valence-corrected chi connectivity index (χ0v) is 14.5. The molecule has 1 aromatic carbocycles. The van der Waals surface area contributed by atoms with Crippen molar-refractivity contribution in [3.8, 4) is 5.75 Å². The number of benzene rings is 1. The summed E-state index contributed by atoms with van der Waals surface area (Å²) >= 11 is 0. The Bertz CT molecular complexity index is 859. The highest BCUT2D eigenvalue weighted by Crippen LogP contribution is 2.41. The second-order valence-corrected chi connectivity index (χ2v) is 7.02. The number of Topliss-reactive ketones (excluding diaryl/α,β-unsaturated/α-hetero) is 1. The number of ether oxygens (including phenoxy) is 2. The Labute approximate surface area is 159 Å². The van der Waals surface area contributed by atoms with Crippen LogP contribution >= 0.6 is 0 Å². The molecule has 0 amide bonds. The van der Waals surface area contributed by atoms with Crippen molar-refractivity contribution in [3.63, 3.8) is 0 Å². The molecule has 150 valence electrons. The van der Waals surface area contributed by atoms with Gasteiger partial charge in [0.05, 0.1) is 17.7 Å². The number of para-hydroxylation sites is 1. The molecule has 7 atom stereocenters. The summed E-state index contributed by atoms with van der Waals surface area (Å²) in [5.41, 5.74) is -0.0345. The molecule has 0 radical (unpaired) electrons. The maximum atomic E-state index is 12.9. The molecule has 0 aromatic heterocycles. The standard InChI is InChI=1S/C19H20O9/c20-6-11-15(23)17(25)18(26)19(28-11)12-8(21)5-10-13(16(12)24)14(22)7-3-1-2-4-9(7)27-10/h1-5,10-11,13,15,17-21,23-26H,6H2/t10-,11-,13-,15+,17+,18+,19+/m0/s1. The molecule has 9 nitrogen and oxygen atoms in total. The van der Waals surface area contributed by atoms with Crippen LogP contribution in [0.3, 0.4) is 0 Å². The summed E-state index contributed by atoms with van der Waals surface area (Å²) in [6.45, 7) is -0.665. The van der Waals surface area contributed by atoms with E-state index >= 15 is 0 Å². The molecule has 1 fully saturated rings. The van der Waals surface area contributed by atoms with E-state index < -0.39 is 66.5 Å². The van der Waals surface area contributed by atoms with Gasteiger partial charge in [-0.15, -0.1) is 0 Å². The van der Waals surface area contributed by atoms with Crippen LogP contribution in [0.1, 0.15) is 10.4 Å². The number of aliphatic hydroxyl groups is 6. The molecule has 1 saturated heterocycles. The lowest BCUT2D eigenvalue weighted by Gasteiger charge is -2.42. The van der Waals surface area contributed by atoms with Crippen LogP contribution in [0.4, 0.5) is 0 Å². The first-order valence-corrected chi connectivity index (χ1v) is 8.79. The molecule has 9 heteroatoms. The third-order valence-corrected chi connectivity index (χ3v) is 5.37. The molecule has 0 saturated carbocycles. The summed E-state index contributed by atoms with van der Waals surface area (Å²) in [4.78, 5) is 12.9. The molecule has 6 N–H and O–H groups in total. The largest absolute Gasteiger partial charge is 0.511 e. The van der Waals surface area contributed by atoms with Crippen molar-refractivity contribution in [2.24, 2.45) is 5.92 Å². The first-order chi connectivity index (χ1) is 13.3. The van der Waals surface area contributed by atoms with Crippen molar-refractivity contribution in [2.75, 3.05) is 6.61 Å². The first-order valence-electron chi connectivity index (χ1n) is 8.79. The van der Waals surface area contributed by atoms with E-state index in [1.807, 2.05) is 0 Å². The van der Waals surface area contributed by atoms with Crippen molar-refractivity contribution in [2.45, 2.75) is 36.6 Å². The molecular formula is C19H20O9. The van der Waals surface area contributed by atoms with Gasteiger partial charge in [0.1, 0.15) is 59.8 Å². The van der Waals surface area contributed by atoms with Gasteiger partial charge < -0.3 is 40.1 Å². The summed E-state index contributed by atoms with van der Waals surface area (Å²) in [6, 6.07) is 6.48. The molecular weight excluding hydrogens is 372 g/mol. The zero-order chi connectivity index (χ0) is 20.2. The second kappa shape index (κ2) is 6.87. The number of rotatable bonds is 2. The topological polar surface area (TPSA) is 157 Å². The van der Waals surface area contributed by atoms with Crippen LogP contribution in [-0.4, -0.2) is 79.7 Å².